The first-order valence-corrected chi connectivity index (χ1v) is 5.79. The Hall–Kier alpha value is -2.76. The van der Waals surface area contributed by atoms with Crippen LogP contribution in [0.1, 0.15) is 26.5 Å². The number of rotatable bonds is 4. The minimum absolute atomic E-state index is 0.0602. The van der Waals surface area contributed by atoms with Crippen molar-refractivity contribution in [2.45, 2.75) is 6.92 Å². The van der Waals surface area contributed by atoms with Crippen LogP contribution in [0.4, 0.5) is 5.69 Å². The van der Waals surface area contributed by atoms with Gasteiger partial charge in [-0.15, -0.1) is 0 Å². The monoisotopic (exact) mass is 275 g/mol. The molecule has 1 aromatic heterocycles. The zero-order chi connectivity index (χ0) is 14.7. The number of hydrogen-bond acceptors (Lipinski definition) is 4. The fourth-order valence-corrected chi connectivity index (χ4v) is 1.75. The van der Waals surface area contributed by atoms with Gasteiger partial charge in [0.05, 0.1) is 30.2 Å². The summed E-state index contributed by atoms with van der Waals surface area (Å²) in [6.07, 6.45) is 1.41. The lowest BCUT2D eigenvalue weighted by molar-refractivity contribution is 0.0696. The van der Waals surface area contributed by atoms with Crippen molar-refractivity contribution in [3.63, 3.8) is 0 Å². The van der Waals surface area contributed by atoms with E-state index in [9.17, 15) is 9.59 Å². The summed E-state index contributed by atoms with van der Waals surface area (Å²) in [5.41, 5.74) is 0.732. The maximum absolute atomic E-state index is 12.1. The predicted molar refractivity (Wildman–Crippen MR) is 71.4 cm³/mol. The van der Waals surface area contributed by atoms with Gasteiger partial charge in [0.1, 0.15) is 11.5 Å². The van der Waals surface area contributed by atoms with Crippen LogP contribution in [0.15, 0.2) is 34.9 Å². The Kier molecular flexibility index (Phi) is 3.74. The van der Waals surface area contributed by atoms with E-state index in [1.54, 1.807) is 6.92 Å². The summed E-state index contributed by atoms with van der Waals surface area (Å²) in [5, 5.41) is 11.6. The molecule has 0 unspecified atom stereocenters. The number of ether oxygens (including phenoxy) is 1. The first kappa shape index (κ1) is 13.7. The summed E-state index contributed by atoms with van der Waals surface area (Å²) in [5.74, 6) is -0.611. The first-order chi connectivity index (χ1) is 9.52. The Labute approximate surface area is 115 Å². The Bertz CT molecular complexity index is 659. The van der Waals surface area contributed by atoms with Gasteiger partial charge in [0, 0.05) is 0 Å². The minimum atomic E-state index is -1.08. The first-order valence-electron chi connectivity index (χ1n) is 5.79. The number of methoxy groups -OCH3 is 1. The number of aryl methyl sites for hydroxylation is 1. The minimum Gasteiger partial charge on any atom is -0.495 e. The van der Waals surface area contributed by atoms with Gasteiger partial charge in [0.2, 0.25) is 0 Å². The van der Waals surface area contributed by atoms with Crippen molar-refractivity contribution in [1.29, 1.82) is 0 Å². The van der Waals surface area contributed by atoms with Gasteiger partial charge in [-0.1, -0.05) is 0 Å². The van der Waals surface area contributed by atoms with E-state index in [4.69, 9.17) is 14.3 Å². The third kappa shape index (κ3) is 2.64. The molecule has 0 fully saturated rings. The SMILES string of the molecule is COc1ccc(C(=O)O)cc1NC(=O)c1ccoc1C. The van der Waals surface area contributed by atoms with Gasteiger partial charge in [-0.3, -0.25) is 4.79 Å². The highest BCUT2D eigenvalue weighted by molar-refractivity contribution is 6.06. The molecule has 0 aliphatic heterocycles. The summed E-state index contributed by atoms with van der Waals surface area (Å²) in [4.78, 5) is 23.0. The van der Waals surface area contributed by atoms with Crippen molar-refractivity contribution in [1.82, 2.24) is 0 Å². The number of anilines is 1. The van der Waals surface area contributed by atoms with Crippen LogP contribution >= 0.6 is 0 Å². The highest BCUT2D eigenvalue weighted by Gasteiger charge is 2.15. The molecule has 1 heterocycles. The lowest BCUT2D eigenvalue weighted by Gasteiger charge is -2.10. The molecule has 104 valence electrons. The van der Waals surface area contributed by atoms with E-state index in [1.165, 1.54) is 37.6 Å². The highest BCUT2D eigenvalue weighted by atomic mass is 16.5. The van der Waals surface area contributed by atoms with Crippen molar-refractivity contribution in [3.8, 4) is 5.75 Å². The van der Waals surface area contributed by atoms with Crippen LogP contribution in [0, 0.1) is 6.92 Å². The smallest absolute Gasteiger partial charge is 0.335 e. The molecule has 0 radical (unpaired) electrons. The van der Waals surface area contributed by atoms with Crippen molar-refractivity contribution in [2.75, 3.05) is 12.4 Å². The number of amides is 1. The quantitative estimate of drug-likeness (QED) is 0.895. The number of carboxylic acids is 1. The van der Waals surface area contributed by atoms with Gasteiger partial charge in [-0.05, 0) is 31.2 Å². The average Bonchev–Trinajstić information content (AvgIpc) is 2.84. The second kappa shape index (κ2) is 5.48. The molecular formula is C14H13NO5. The summed E-state index contributed by atoms with van der Waals surface area (Å²) in [6.45, 7) is 1.67. The molecular weight excluding hydrogens is 262 g/mol. The van der Waals surface area contributed by atoms with E-state index in [-0.39, 0.29) is 11.3 Å². The van der Waals surface area contributed by atoms with Crippen molar-refractivity contribution >= 4 is 17.6 Å². The third-order valence-corrected chi connectivity index (χ3v) is 2.80. The Balaban J connectivity index is 2.32. The van der Waals surface area contributed by atoms with Gasteiger partial charge in [-0.25, -0.2) is 4.79 Å². The van der Waals surface area contributed by atoms with Crippen LogP contribution in [0.5, 0.6) is 5.75 Å². The molecule has 2 rings (SSSR count). The van der Waals surface area contributed by atoms with Crippen LogP contribution in [-0.2, 0) is 0 Å². The van der Waals surface area contributed by atoms with Crippen LogP contribution < -0.4 is 10.1 Å². The maximum atomic E-state index is 12.1. The number of carbonyl (C=O) groups excluding carboxylic acids is 1. The molecule has 0 spiro atoms. The molecule has 1 aromatic carbocycles. The summed E-state index contributed by atoms with van der Waals surface area (Å²) in [6, 6.07) is 5.77. The third-order valence-electron chi connectivity index (χ3n) is 2.80. The molecule has 0 bridgehead atoms. The molecule has 0 saturated carbocycles. The van der Waals surface area contributed by atoms with Gasteiger partial charge in [0.15, 0.2) is 0 Å². The summed E-state index contributed by atoms with van der Waals surface area (Å²) in [7, 11) is 1.44. The predicted octanol–water partition coefficient (Wildman–Crippen LogP) is 2.55. The van der Waals surface area contributed by atoms with Gasteiger partial charge in [0.25, 0.3) is 5.91 Å². The summed E-state index contributed by atoms with van der Waals surface area (Å²) >= 11 is 0. The fourth-order valence-electron chi connectivity index (χ4n) is 1.75. The van der Waals surface area contributed by atoms with Gasteiger partial charge in [-0.2, -0.15) is 0 Å². The van der Waals surface area contributed by atoms with Crippen LogP contribution in [0.3, 0.4) is 0 Å². The molecule has 20 heavy (non-hydrogen) atoms. The molecule has 0 aliphatic rings. The number of furan rings is 1. The number of benzene rings is 1. The van der Waals surface area contributed by atoms with Crippen LogP contribution in [-0.4, -0.2) is 24.1 Å². The topological polar surface area (TPSA) is 88.8 Å². The largest absolute Gasteiger partial charge is 0.495 e. The number of nitrogens with one attached hydrogen (secondary N) is 1. The zero-order valence-electron chi connectivity index (χ0n) is 11.0. The molecule has 2 N–H and O–H groups in total. The van der Waals surface area contributed by atoms with E-state index < -0.39 is 11.9 Å². The van der Waals surface area contributed by atoms with Gasteiger partial charge < -0.3 is 19.6 Å². The molecule has 6 heteroatoms. The number of carboxylic acid groups (broad SMARTS) is 1. The number of carbonyl (C=O) groups is 2. The normalized spacial score (nSPS) is 10.1. The highest BCUT2D eigenvalue weighted by Crippen LogP contribution is 2.26. The van der Waals surface area contributed by atoms with Crippen molar-refractivity contribution < 1.29 is 23.8 Å². The molecule has 0 atom stereocenters. The molecule has 6 nitrogen and oxygen atoms in total. The molecule has 2 aromatic rings. The lowest BCUT2D eigenvalue weighted by atomic mass is 10.1. The average molecular weight is 275 g/mol. The van der Waals surface area contributed by atoms with E-state index in [1.807, 2.05) is 0 Å². The maximum Gasteiger partial charge on any atom is 0.335 e. The molecule has 0 aliphatic carbocycles. The van der Waals surface area contributed by atoms with Crippen molar-refractivity contribution in [3.05, 3.63) is 47.4 Å². The lowest BCUT2D eigenvalue weighted by Crippen LogP contribution is -2.13. The van der Waals surface area contributed by atoms with Crippen molar-refractivity contribution in [2.24, 2.45) is 0 Å². The summed E-state index contributed by atoms with van der Waals surface area (Å²) < 4.78 is 10.2. The van der Waals surface area contributed by atoms with E-state index >= 15 is 0 Å². The second-order valence-electron chi connectivity index (χ2n) is 4.06. The van der Waals surface area contributed by atoms with E-state index in [0.29, 0.717) is 17.1 Å². The molecule has 0 saturated heterocycles. The standard InChI is InChI=1S/C14H13NO5/c1-8-10(5-6-20-8)13(16)15-11-7-9(14(17)18)3-4-12(11)19-2/h3-7H,1-2H3,(H,15,16)(H,17,18). The van der Waals surface area contributed by atoms with Crippen LogP contribution in [0.25, 0.3) is 0 Å². The van der Waals surface area contributed by atoms with E-state index in [2.05, 4.69) is 5.32 Å². The van der Waals surface area contributed by atoms with Gasteiger partial charge >= 0.3 is 5.97 Å². The number of hydrogen-bond donors (Lipinski definition) is 2. The molecule has 1 amide bonds. The Morgan fingerprint density at radius 3 is 2.60 bits per heavy atom. The zero-order valence-corrected chi connectivity index (χ0v) is 11.0. The fraction of sp³-hybridized carbons (Fsp3) is 0.143. The van der Waals surface area contributed by atoms with E-state index in [0.717, 1.165) is 0 Å². The van der Waals surface area contributed by atoms with Crippen LogP contribution in [0.2, 0.25) is 0 Å². The second-order valence-corrected chi connectivity index (χ2v) is 4.06. The Morgan fingerprint density at radius 1 is 1.30 bits per heavy atom. The Morgan fingerprint density at radius 2 is 2.05 bits per heavy atom. The number of aromatic carboxylic acids is 1.